The van der Waals surface area contributed by atoms with Crippen molar-refractivity contribution in [2.75, 3.05) is 0 Å². The predicted octanol–water partition coefficient (Wildman–Crippen LogP) is 4.12. The highest BCUT2D eigenvalue weighted by atomic mass is 16.5. The molecule has 3 aromatic heterocycles. The Morgan fingerprint density at radius 1 is 1.36 bits per heavy atom. The molecule has 6 nitrogen and oxygen atoms in total. The van der Waals surface area contributed by atoms with Crippen LogP contribution in [0, 0.1) is 32.1 Å². The summed E-state index contributed by atoms with van der Waals surface area (Å²) in [5.41, 5.74) is 5.50. The molecule has 3 heterocycles. The molecule has 0 N–H and O–H groups in total. The fourth-order valence-corrected chi connectivity index (χ4v) is 3.33. The first-order valence-electron chi connectivity index (χ1n) is 9.33. The number of rotatable bonds is 6. The molecule has 0 spiro atoms. The number of nitriles is 1. The van der Waals surface area contributed by atoms with Gasteiger partial charge < -0.3 is 13.7 Å². The van der Waals surface area contributed by atoms with E-state index in [0.717, 1.165) is 41.1 Å². The van der Waals surface area contributed by atoms with Crippen LogP contribution >= 0.6 is 0 Å². The van der Waals surface area contributed by atoms with Crippen molar-refractivity contribution in [1.29, 1.82) is 5.26 Å². The Bertz CT molecular complexity index is 1100. The Balaban J connectivity index is 1.76. The summed E-state index contributed by atoms with van der Waals surface area (Å²) in [7, 11) is 0. The lowest BCUT2D eigenvalue weighted by Crippen LogP contribution is -2.07. The number of fused-ring (bicyclic) bond motifs is 1. The molecule has 6 heteroatoms. The van der Waals surface area contributed by atoms with Crippen LogP contribution in [0.3, 0.4) is 0 Å². The molecule has 0 aromatic carbocycles. The number of pyridine rings is 1. The smallest absolute Gasteiger partial charge is 0.349 e. The highest BCUT2D eigenvalue weighted by Crippen LogP contribution is 2.19. The number of hydrogen-bond donors (Lipinski definition) is 0. The van der Waals surface area contributed by atoms with Crippen molar-refractivity contribution in [1.82, 2.24) is 14.0 Å². The zero-order chi connectivity index (χ0) is 20.3. The van der Waals surface area contributed by atoms with Crippen molar-refractivity contribution in [3.05, 3.63) is 64.4 Å². The van der Waals surface area contributed by atoms with Gasteiger partial charge in [-0.15, -0.1) is 0 Å². The number of carbonyl (C=O) groups excluding carboxylic acids is 1. The van der Waals surface area contributed by atoms with Gasteiger partial charge >= 0.3 is 5.97 Å². The van der Waals surface area contributed by atoms with E-state index in [1.165, 1.54) is 0 Å². The second-order valence-electron chi connectivity index (χ2n) is 6.88. The Labute approximate surface area is 164 Å². The maximum atomic E-state index is 12.4. The molecule has 0 saturated heterocycles. The maximum Gasteiger partial charge on any atom is 0.349 e. The van der Waals surface area contributed by atoms with Gasteiger partial charge in [0.05, 0.1) is 5.69 Å². The summed E-state index contributed by atoms with van der Waals surface area (Å²) in [5, 5.41) is 9.43. The van der Waals surface area contributed by atoms with E-state index in [1.54, 1.807) is 6.08 Å². The van der Waals surface area contributed by atoms with Gasteiger partial charge in [0.15, 0.2) is 0 Å². The molecule has 144 valence electrons. The van der Waals surface area contributed by atoms with Gasteiger partial charge in [0.25, 0.3) is 0 Å². The minimum Gasteiger partial charge on any atom is -0.455 e. The minimum atomic E-state index is -0.642. The Hall–Kier alpha value is -3.33. The fourth-order valence-electron chi connectivity index (χ4n) is 3.33. The summed E-state index contributed by atoms with van der Waals surface area (Å²) in [6, 6.07) is 7.86. The van der Waals surface area contributed by atoms with Crippen LogP contribution in [0.25, 0.3) is 11.7 Å². The van der Waals surface area contributed by atoms with Crippen molar-refractivity contribution in [2.45, 2.75) is 47.3 Å². The summed E-state index contributed by atoms with van der Waals surface area (Å²) in [6.45, 7) is 9.04. The first kappa shape index (κ1) is 19.4. The summed E-state index contributed by atoms with van der Waals surface area (Å²) < 4.78 is 9.41. The molecule has 0 aliphatic rings. The second-order valence-corrected chi connectivity index (χ2v) is 6.88. The lowest BCUT2D eigenvalue weighted by molar-refractivity contribution is -0.139. The number of aromatic nitrogens is 3. The summed E-state index contributed by atoms with van der Waals surface area (Å²) in [5.74, 6) is -0.642. The van der Waals surface area contributed by atoms with Gasteiger partial charge in [0.1, 0.15) is 23.9 Å². The Morgan fingerprint density at radius 3 is 2.82 bits per heavy atom. The third-order valence-electron chi connectivity index (χ3n) is 4.78. The van der Waals surface area contributed by atoms with Gasteiger partial charge in [0, 0.05) is 30.3 Å². The van der Waals surface area contributed by atoms with Crippen LogP contribution in [0.2, 0.25) is 0 Å². The topological polar surface area (TPSA) is 72.3 Å². The fraction of sp³-hybridized carbons (Fsp3) is 0.318. The molecule has 3 rings (SSSR count). The minimum absolute atomic E-state index is 0.0170. The van der Waals surface area contributed by atoms with E-state index in [0.29, 0.717) is 5.69 Å². The van der Waals surface area contributed by atoms with Crippen LogP contribution < -0.4 is 0 Å². The van der Waals surface area contributed by atoms with Crippen molar-refractivity contribution in [2.24, 2.45) is 0 Å². The maximum absolute atomic E-state index is 12.4. The van der Waals surface area contributed by atoms with E-state index in [4.69, 9.17) is 4.74 Å². The van der Waals surface area contributed by atoms with Crippen LogP contribution in [-0.4, -0.2) is 19.9 Å². The molecule has 0 fully saturated rings. The zero-order valence-electron chi connectivity index (χ0n) is 16.7. The quantitative estimate of drug-likeness (QED) is 0.368. The molecule has 0 radical (unpaired) electrons. The number of ether oxygens (including phenoxy) is 1. The van der Waals surface area contributed by atoms with Crippen LogP contribution in [0.1, 0.15) is 41.6 Å². The number of carbonyl (C=O) groups is 1. The highest BCUT2D eigenvalue weighted by Gasteiger charge is 2.15. The number of nitrogens with zero attached hydrogens (tertiary/aromatic N) is 4. The predicted molar refractivity (Wildman–Crippen MR) is 108 cm³/mol. The van der Waals surface area contributed by atoms with Crippen LogP contribution in [0.5, 0.6) is 0 Å². The van der Waals surface area contributed by atoms with Gasteiger partial charge in [-0.3, -0.25) is 0 Å². The van der Waals surface area contributed by atoms with E-state index in [2.05, 4.69) is 16.5 Å². The van der Waals surface area contributed by atoms with Gasteiger partial charge in [-0.1, -0.05) is 13.0 Å². The highest BCUT2D eigenvalue weighted by molar-refractivity contribution is 5.98. The normalized spacial score (nSPS) is 11.6. The molecule has 28 heavy (non-hydrogen) atoms. The van der Waals surface area contributed by atoms with Gasteiger partial charge in [0.2, 0.25) is 0 Å². The zero-order valence-corrected chi connectivity index (χ0v) is 16.7. The molecule has 0 atom stereocenters. The van der Waals surface area contributed by atoms with Gasteiger partial charge in [-0.2, -0.15) is 5.26 Å². The molecule has 3 aromatic rings. The molecule has 0 saturated carbocycles. The van der Waals surface area contributed by atoms with Crippen LogP contribution in [0.15, 0.2) is 36.2 Å². The molecule has 0 aliphatic heterocycles. The first-order chi connectivity index (χ1) is 13.4. The number of hydrogen-bond acceptors (Lipinski definition) is 4. The Morgan fingerprint density at radius 2 is 2.14 bits per heavy atom. The van der Waals surface area contributed by atoms with Crippen molar-refractivity contribution in [3.8, 4) is 6.07 Å². The molecule has 0 bridgehead atoms. The first-order valence-corrected chi connectivity index (χ1v) is 9.33. The van der Waals surface area contributed by atoms with Crippen LogP contribution in [-0.2, 0) is 22.7 Å². The standard InChI is InChI=1S/C22H24N4O2/c1-5-8-26-16(3)10-18(17(26)4)11-19(12-23)22(27)28-14-20-13-25-9-6-7-15(2)21(25)24-20/h6-7,9-11,13H,5,8,14H2,1-4H3/b19-11+. The largest absolute Gasteiger partial charge is 0.455 e. The van der Waals surface area contributed by atoms with Gasteiger partial charge in [-0.25, -0.2) is 9.78 Å². The lowest BCUT2D eigenvalue weighted by atomic mass is 10.1. The molecule has 0 unspecified atom stereocenters. The number of aryl methyl sites for hydroxylation is 2. The second kappa shape index (κ2) is 8.13. The number of esters is 1. The van der Waals surface area contributed by atoms with Crippen molar-refractivity contribution < 1.29 is 9.53 Å². The Kier molecular flexibility index (Phi) is 5.65. The van der Waals surface area contributed by atoms with Crippen molar-refractivity contribution in [3.63, 3.8) is 0 Å². The van der Waals surface area contributed by atoms with Crippen LogP contribution in [0.4, 0.5) is 0 Å². The average Bonchev–Trinajstić information content (AvgIpc) is 3.21. The van der Waals surface area contributed by atoms with E-state index in [1.807, 2.05) is 61.8 Å². The third kappa shape index (κ3) is 3.84. The van der Waals surface area contributed by atoms with E-state index >= 15 is 0 Å². The average molecular weight is 376 g/mol. The van der Waals surface area contributed by atoms with E-state index in [9.17, 15) is 10.1 Å². The summed E-state index contributed by atoms with van der Waals surface area (Å²) >= 11 is 0. The lowest BCUT2D eigenvalue weighted by Gasteiger charge is -2.07. The number of imidazole rings is 1. The van der Waals surface area contributed by atoms with Gasteiger partial charge in [-0.05, 0) is 56.5 Å². The molecule has 0 aliphatic carbocycles. The SMILES string of the molecule is CCCn1c(C)cc(/C=C(\C#N)C(=O)OCc2cn3cccc(C)c3n2)c1C. The van der Waals surface area contributed by atoms with E-state index in [-0.39, 0.29) is 12.2 Å². The molecular weight excluding hydrogens is 352 g/mol. The summed E-state index contributed by atoms with van der Waals surface area (Å²) in [6.07, 6.45) is 6.34. The monoisotopic (exact) mass is 376 g/mol. The molecule has 0 amide bonds. The molecular formula is C22H24N4O2. The third-order valence-corrected chi connectivity index (χ3v) is 4.78. The summed E-state index contributed by atoms with van der Waals surface area (Å²) in [4.78, 5) is 16.9. The van der Waals surface area contributed by atoms with Crippen molar-refractivity contribution >= 4 is 17.7 Å². The van der Waals surface area contributed by atoms with E-state index < -0.39 is 5.97 Å².